The van der Waals surface area contributed by atoms with Gasteiger partial charge >= 0.3 is 0 Å². The van der Waals surface area contributed by atoms with E-state index >= 15 is 0 Å². The van der Waals surface area contributed by atoms with Gasteiger partial charge in [-0.2, -0.15) is 5.10 Å². The van der Waals surface area contributed by atoms with Crippen LogP contribution in [-0.4, -0.2) is 21.6 Å². The number of nitrogens with zero attached hydrogens (tertiary/aromatic N) is 3. The Morgan fingerprint density at radius 2 is 1.70 bits per heavy atom. The largest absolute Gasteiger partial charge is 0.326 e. The molecule has 0 unspecified atom stereocenters. The molecule has 0 atom stereocenters. The van der Waals surface area contributed by atoms with Gasteiger partial charge in [0.15, 0.2) is 0 Å². The van der Waals surface area contributed by atoms with Gasteiger partial charge in [0.1, 0.15) is 0 Å². The van der Waals surface area contributed by atoms with Crippen molar-refractivity contribution in [1.29, 1.82) is 0 Å². The molecule has 30 heavy (non-hydrogen) atoms. The lowest BCUT2D eigenvalue weighted by Crippen LogP contribution is -2.36. The number of aliphatic imine (C=N–C) groups is 1. The van der Waals surface area contributed by atoms with Crippen molar-refractivity contribution in [1.82, 2.24) is 15.1 Å². The molecule has 2 aromatic carbocycles. The second-order valence-electron chi connectivity index (χ2n) is 7.71. The molecule has 0 fully saturated rings. The van der Waals surface area contributed by atoms with Crippen molar-refractivity contribution in [3.05, 3.63) is 81.7 Å². The second kappa shape index (κ2) is 8.95. The van der Waals surface area contributed by atoms with Crippen LogP contribution in [0.15, 0.2) is 47.5 Å². The van der Waals surface area contributed by atoms with Crippen LogP contribution in [0.1, 0.15) is 44.0 Å². The molecule has 3 aromatic rings. The van der Waals surface area contributed by atoms with Gasteiger partial charge in [-0.15, -0.1) is 0 Å². The standard InChI is InChI=1S/C24H29N5O/c1-15-11-16(2)13-20(12-15)26-24(25-14-22-18(4)28-29(6)19(22)5)27-23(30)21-10-8-7-9-17(21)3/h7-13H,14H2,1-6H3,(H2,25,26,27,30). The van der Waals surface area contributed by atoms with Crippen LogP contribution in [0, 0.1) is 34.6 Å². The van der Waals surface area contributed by atoms with Gasteiger partial charge in [0.05, 0.1) is 12.2 Å². The van der Waals surface area contributed by atoms with Crippen molar-refractivity contribution in [3.8, 4) is 0 Å². The number of aryl methyl sites for hydroxylation is 5. The quantitative estimate of drug-likeness (QED) is 0.502. The van der Waals surface area contributed by atoms with Gasteiger partial charge in [-0.1, -0.05) is 24.3 Å². The highest BCUT2D eigenvalue weighted by Gasteiger charge is 2.13. The Morgan fingerprint density at radius 3 is 2.30 bits per heavy atom. The number of hydrogen-bond donors (Lipinski definition) is 2. The lowest BCUT2D eigenvalue weighted by Gasteiger charge is -2.14. The number of guanidine groups is 1. The molecule has 1 amide bonds. The normalized spacial score (nSPS) is 11.5. The van der Waals surface area contributed by atoms with E-state index in [1.165, 1.54) is 0 Å². The van der Waals surface area contributed by atoms with E-state index in [9.17, 15) is 4.79 Å². The Balaban J connectivity index is 1.91. The summed E-state index contributed by atoms with van der Waals surface area (Å²) in [6, 6.07) is 13.7. The fourth-order valence-corrected chi connectivity index (χ4v) is 3.50. The third kappa shape index (κ3) is 4.95. The Labute approximate surface area is 178 Å². The van der Waals surface area contributed by atoms with E-state index < -0.39 is 0 Å². The van der Waals surface area contributed by atoms with E-state index in [1.807, 2.05) is 82.7 Å². The number of anilines is 1. The first kappa shape index (κ1) is 21.3. The summed E-state index contributed by atoms with van der Waals surface area (Å²) >= 11 is 0. The highest BCUT2D eigenvalue weighted by Crippen LogP contribution is 2.16. The number of amides is 1. The zero-order chi connectivity index (χ0) is 21.8. The zero-order valence-corrected chi connectivity index (χ0v) is 18.5. The highest BCUT2D eigenvalue weighted by molar-refractivity contribution is 6.10. The highest BCUT2D eigenvalue weighted by atomic mass is 16.1. The molecule has 0 aliphatic heterocycles. The third-order valence-corrected chi connectivity index (χ3v) is 5.16. The summed E-state index contributed by atoms with van der Waals surface area (Å²) in [5, 5.41) is 10.7. The van der Waals surface area contributed by atoms with E-state index in [0.717, 1.165) is 39.3 Å². The fraction of sp³-hybridized carbons (Fsp3) is 0.292. The average Bonchev–Trinajstić information content (AvgIpc) is 2.91. The molecule has 0 saturated heterocycles. The molecule has 0 spiro atoms. The first-order valence-corrected chi connectivity index (χ1v) is 10.0. The Bertz CT molecular complexity index is 1090. The van der Waals surface area contributed by atoms with Crippen molar-refractivity contribution in [2.75, 3.05) is 5.32 Å². The summed E-state index contributed by atoms with van der Waals surface area (Å²) in [6.45, 7) is 10.4. The molecule has 156 valence electrons. The van der Waals surface area contributed by atoms with E-state index in [2.05, 4.69) is 21.8 Å². The number of carbonyl (C=O) groups is 1. The monoisotopic (exact) mass is 403 g/mol. The molecule has 1 aromatic heterocycles. The molecule has 6 heteroatoms. The lowest BCUT2D eigenvalue weighted by atomic mass is 10.1. The second-order valence-corrected chi connectivity index (χ2v) is 7.71. The van der Waals surface area contributed by atoms with Crippen LogP contribution in [0.25, 0.3) is 0 Å². The number of hydrogen-bond acceptors (Lipinski definition) is 3. The summed E-state index contributed by atoms with van der Waals surface area (Å²) < 4.78 is 1.85. The fourth-order valence-electron chi connectivity index (χ4n) is 3.50. The predicted molar refractivity (Wildman–Crippen MR) is 122 cm³/mol. The number of benzene rings is 2. The Morgan fingerprint density at radius 1 is 1.03 bits per heavy atom. The maximum atomic E-state index is 12.9. The van der Waals surface area contributed by atoms with E-state index in [4.69, 9.17) is 4.99 Å². The number of nitrogens with one attached hydrogen (secondary N) is 2. The van der Waals surface area contributed by atoms with E-state index in [0.29, 0.717) is 18.1 Å². The van der Waals surface area contributed by atoms with E-state index in [1.54, 1.807) is 0 Å². The molecular weight excluding hydrogens is 374 g/mol. The van der Waals surface area contributed by atoms with E-state index in [-0.39, 0.29) is 5.91 Å². The lowest BCUT2D eigenvalue weighted by molar-refractivity contribution is 0.0976. The first-order chi connectivity index (χ1) is 14.2. The Kier molecular flexibility index (Phi) is 6.35. The predicted octanol–water partition coefficient (Wildman–Crippen LogP) is 4.36. The molecule has 0 aliphatic rings. The minimum absolute atomic E-state index is 0.191. The molecule has 1 heterocycles. The molecule has 0 aliphatic carbocycles. The summed E-state index contributed by atoms with van der Waals surface area (Å²) in [4.78, 5) is 17.6. The summed E-state index contributed by atoms with van der Waals surface area (Å²) in [5.41, 5.74) is 7.77. The average molecular weight is 404 g/mol. The molecule has 2 N–H and O–H groups in total. The van der Waals surface area contributed by atoms with Gasteiger partial charge in [-0.3, -0.25) is 14.8 Å². The van der Waals surface area contributed by atoms with Crippen LogP contribution in [0.2, 0.25) is 0 Å². The van der Waals surface area contributed by atoms with Gasteiger partial charge in [0.2, 0.25) is 5.96 Å². The van der Waals surface area contributed by atoms with Gasteiger partial charge in [-0.05, 0) is 69.5 Å². The maximum Gasteiger partial charge on any atom is 0.258 e. The van der Waals surface area contributed by atoms with Crippen molar-refractivity contribution in [2.45, 2.75) is 41.2 Å². The van der Waals surface area contributed by atoms with Crippen LogP contribution in [0.5, 0.6) is 0 Å². The molecule has 0 saturated carbocycles. The van der Waals surface area contributed by atoms with Gasteiger partial charge in [-0.25, -0.2) is 4.99 Å². The van der Waals surface area contributed by atoms with Crippen molar-refractivity contribution >= 4 is 17.6 Å². The summed E-state index contributed by atoms with van der Waals surface area (Å²) in [7, 11) is 1.92. The van der Waals surface area contributed by atoms with Crippen molar-refractivity contribution in [3.63, 3.8) is 0 Å². The van der Waals surface area contributed by atoms with Crippen LogP contribution in [0.4, 0.5) is 5.69 Å². The van der Waals surface area contributed by atoms with Gasteiger partial charge < -0.3 is 5.32 Å². The van der Waals surface area contributed by atoms with Crippen molar-refractivity contribution < 1.29 is 4.79 Å². The van der Waals surface area contributed by atoms with Gasteiger partial charge in [0, 0.05) is 29.6 Å². The van der Waals surface area contributed by atoms with Crippen LogP contribution < -0.4 is 10.6 Å². The maximum absolute atomic E-state index is 12.9. The number of aromatic nitrogens is 2. The molecule has 0 radical (unpaired) electrons. The zero-order valence-electron chi connectivity index (χ0n) is 18.5. The molecular formula is C24H29N5O. The van der Waals surface area contributed by atoms with Crippen LogP contribution in [-0.2, 0) is 13.6 Å². The van der Waals surface area contributed by atoms with Crippen LogP contribution in [0.3, 0.4) is 0 Å². The number of carbonyl (C=O) groups excluding carboxylic acids is 1. The Hall–Kier alpha value is -3.41. The summed E-state index contributed by atoms with van der Waals surface area (Å²) in [5.74, 6) is 0.222. The molecule has 6 nitrogen and oxygen atoms in total. The summed E-state index contributed by atoms with van der Waals surface area (Å²) in [6.07, 6.45) is 0. The minimum atomic E-state index is -0.191. The third-order valence-electron chi connectivity index (χ3n) is 5.16. The molecule has 3 rings (SSSR count). The van der Waals surface area contributed by atoms with Crippen molar-refractivity contribution in [2.24, 2.45) is 12.0 Å². The number of rotatable bonds is 4. The SMILES string of the molecule is Cc1cc(C)cc(NC(=NCc2c(C)nn(C)c2C)NC(=O)c2ccccc2C)c1. The minimum Gasteiger partial charge on any atom is -0.326 e. The first-order valence-electron chi connectivity index (χ1n) is 10.0. The topological polar surface area (TPSA) is 71.3 Å². The smallest absolute Gasteiger partial charge is 0.258 e. The molecule has 0 bridgehead atoms. The van der Waals surface area contributed by atoms with Crippen LogP contribution >= 0.6 is 0 Å². The van der Waals surface area contributed by atoms with Gasteiger partial charge in [0.25, 0.3) is 5.91 Å².